The quantitative estimate of drug-likeness (QED) is 0.737. The molecule has 0 spiro atoms. The first-order valence-corrected chi connectivity index (χ1v) is 11.3. The number of benzene rings is 2. The third-order valence-electron chi connectivity index (χ3n) is 5.48. The number of carbonyl (C=O) groups excluding carboxylic acids is 1. The average molecular weight is 446 g/mol. The van der Waals surface area contributed by atoms with Crippen LogP contribution in [-0.4, -0.2) is 38.8 Å². The minimum absolute atomic E-state index is 0.129. The Hall–Kier alpha value is -2.96. The molecule has 1 amide bonds. The number of amides is 1. The Morgan fingerprint density at radius 3 is 2.42 bits per heavy atom. The number of hydrogen-bond donors (Lipinski definition) is 1. The van der Waals surface area contributed by atoms with Crippen LogP contribution in [0.3, 0.4) is 0 Å². The van der Waals surface area contributed by atoms with Crippen LogP contribution in [0.1, 0.15) is 36.9 Å². The summed E-state index contributed by atoms with van der Waals surface area (Å²) in [5, 5.41) is 11.7. The van der Waals surface area contributed by atoms with Crippen LogP contribution in [0.5, 0.6) is 5.75 Å². The van der Waals surface area contributed by atoms with Crippen molar-refractivity contribution in [2.75, 3.05) is 20.2 Å². The number of sulfonamides is 1. The second-order valence-electron chi connectivity index (χ2n) is 7.44. The van der Waals surface area contributed by atoms with Crippen molar-refractivity contribution < 1.29 is 22.3 Å². The minimum Gasteiger partial charge on any atom is -0.494 e. The number of halogens is 1. The molecule has 0 bridgehead atoms. The van der Waals surface area contributed by atoms with Crippen molar-refractivity contribution in [1.82, 2.24) is 9.62 Å². The number of piperidine rings is 1. The number of carbonyl (C=O) groups is 1. The normalized spacial score (nSPS) is 16.3. The number of ether oxygens (including phenoxy) is 1. The molecule has 164 valence electrons. The molecule has 31 heavy (non-hydrogen) atoms. The van der Waals surface area contributed by atoms with Crippen LogP contribution in [-0.2, 0) is 14.8 Å². The molecule has 2 aromatic carbocycles. The fraction of sp³-hybridized carbons (Fsp3) is 0.364. The summed E-state index contributed by atoms with van der Waals surface area (Å²) in [6.07, 6.45) is 0.788. The highest BCUT2D eigenvalue weighted by molar-refractivity contribution is 7.89. The number of nitriles is 1. The van der Waals surface area contributed by atoms with E-state index in [2.05, 4.69) is 5.32 Å². The Bertz CT molecular complexity index is 1090. The number of rotatable bonds is 6. The smallest absolute Gasteiger partial charge is 0.243 e. The van der Waals surface area contributed by atoms with E-state index in [1.807, 2.05) is 6.07 Å². The summed E-state index contributed by atoms with van der Waals surface area (Å²) >= 11 is 0. The molecule has 9 heteroatoms. The van der Waals surface area contributed by atoms with E-state index in [1.165, 1.54) is 47.8 Å². The van der Waals surface area contributed by atoms with Crippen LogP contribution in [0.25, 0.3) is 0 Å². The number of hydrogen-bond acceptors (Lipinski definition) is 5. The van der Waals surface area contributed by atoms with Crippen molar-refractivity contribution in [3.05, 3.63) is 59.4 Å². The zero-order valence-electron chi connectivity index (χ0n) is 17.3. The summed E-state index contributed by atoms with van der Waals surface area (Å²) in [5.41, 5.74) is 1.01. The SMILES string of the molecule is COc1ccc(C(C)NC(=O)C2CCN(S(=O)(=O)c3ccc(C#N)cc3)CC2)cc1F. The van der Waals surface area contributed by atoms with Gasteiger partial charge in [-0.15, -0.1) is 0 Å². The van der Waals surface area contributed by atoms with Gasteiger partial charge in [0.05, 0.1) is 29.7 Å². The molecular weight excluding hydrogens is 421 g/mol. The Morgan fingerprint density at radius 1 is 1.23 bits per heavy atom. The first kappa shape index (κ1) is 22.7. The van der Waals surface area contributed by atoms with Gasteiger partial charge in [0.2, 0.25) is 15.9 Å². The van der Waals surface area contributed by atoms with E-state index in [9.17, 15) is 17.6 Å². The topological polar surface area (TPSA) is 99.5 Å². The molecule has 3 rings (SSSR count). The first-order chi connectivity index (χ1) is 14.8. The maximum atomic E-state index is 13.9. The summed E-state index contributed by atoms with van der Waals surface area (Å²) in [5.74, 6) is -0.863. The maximum absolute atomic E-state index is 13.9. The Labute approximate surface area is 181 Å². The lowest BCUT2D eigenvalue weighted by atomic mass is 9.96. The van der Waals surface area contributed by atoms with Gasteiger partial charge in [-0.2, -0.15) is 9.57 Å². The maximum Gasteiger partial charge on any atom is 0.243 e. The summed E-state index contributed by atoms with van der Waals surface area (Å²) in [4.78, 5) is 12.8. The van der Waals surface area contributed by atoms with Gasteiger partial charge >= 0.3 is 0 Å². The summed E-state index contributed by atoms with van der Waals surface area (Å²) in [6.45, 7) is 2.22. The Morgan fingerprint density at radius 2 is 1.87 bits per heavy atom. The van der Waals surface area contributed by atoms with E-state index in [1.54, 1.807) is 13.0 Å². The minimum atomic E-state index is -3.67. The van der Waals surface area contributed by atoms with E-state index < -0.39 is 21.9 Å². The van der Waals surface area contributed by atoms with Gasteiger partial charge in [0.1, 0.15) is 0 Å². The van der Waals surface area contributed by atoms with Crippen LogP contribution in [0.2, 0.25) is 0 Å². The van der Waals surface area contributed by atoms with Gasteiger partial charge in [-0.3, -0.25) is 4.79 Å². The highest BCUT2D eigenvalue weighted by atomic mass is 32.2. The van der Waals surface area contributed by atoms with E-state index in [0.29, 0.717) is 24.0 Å². The number of methoxy groups -OCH3 is 1. The molecule has 7 nitrogen and oxygen atoms in total. The molecule has 1 fully saturated rings. The summed E-state index contributed by atoms with van der Waals surface area (Å²) in [7, 11) is -2.29. The standard InChI is InChI=1S/C22H24FN3O4S/c1-15(18-5-8-21(30-2)20(23)13-18)25-22(27)17-9-11-26(12-10-17)31(28,29)19-6-3-16(14-24)4-7-19/h3-8,13,15,17H,9-12H2,1-2H3,(H,25,27). The molecule has 2 aromatic rings. The second kappa shape index (κ2) is 9.45. The molecule has 1 atom stereocenters. The molecule has 0 aromatic heterocycles. The zero-order chi connectivity index (χ0) is 22.6. The summed E-state index contributed by atoms with van der Waals surface area (Å²) in [6, 6.07) is 11.9. The largest absolute Gasteiger partial charge is 0.494 e. The van der Waals surface area contributed by atoms with Gasteiger partial charge in [-0.1, -0.05) is 6.07 Å². The monoisotopic (exact) mass is 445 g/mol. The van der Waals surface area contributed by atoms with E-state index in [-0.39, 0.29) is 35.6 Å². The van der Waals surface area contributed by atoms with Gasteiger partial charge in [-0.25, -0.2) is 12.8 Å². The molecule has 1 aliphatic heterocycles. The van der Waals surface area contributed by atoms with Gasteiger partial charge in [0.15, 0.2) is 11.6 Å². The molecule has 0 radical (unpaired) electrons. The fourth-order valence-corrected chi connectivity index (χ4v) is 5.05. The zero-order valence-corrected chi connectivity index (χ0v) is 18.2. The molecule has 1 saturated heterocycles. The molecule has 1 unspecified atom stereocenters. The molecule has 1 heterocycles. The van der Waals surface area contributed by atoms with Crippen LogP contribution in [0, 0.1) is 23.1 Å². The second-order valence-corrected chi connectivity index (χ2v) is 9.38. The van der Waals surface area contributed by atoms with Crippen molar-refractivity contribution >= 4 is 15.9 Å². The van der Waals surface area contributed by atoms with Crippen LogP contribution < -0.4 is 10.1 Å². The lowest BCUT2D eigenvalue weighted by Crippen LogP contribution is -2.43. The van der Waals surface area contributed by atoms with Gasteiger partial charge in [-0.05, 0) is 61.7 Å². The molecule has 1 N–H and O–H groups in total. The molecular formula is C22H24FN3O4S. The van der Waals surface area contributed by atoms with Gasteiger partial charge in [0, 0.05) is 19.0 Å². The van der Waals surface area contributed by atoms with Crippen molar-refractivity contribution in [2.45, 2.75) is 30.7 Å². The Kier molecular flexibility index (Phi) is 6.93. The third-order valence-corrected chi connectivity index (χ3v) is 7.39. The predicted molar refractivity (Wildman–Crippen MR) is 112 cm³/mol. The predicted octanol–water partition coefficient (Wildman–Crippen LogP) is 2.98. The Balaban J connectivity index is 1.59. The lowest BCUT2D eigenvalue weighted by molar-refractivity contribution is -0.126. The molecule has 0 saturated carbocycles. The highest BCUT2D eigenvalue weighted by Gasteiger charge is 2.32. The van der Waals surface area contributed by atoms with E-state index >= 15 is 0 Å². The summed E-state index contributed by atoms with van der Waals surface area (Å²) < 4.78 is 45.8. The molecule has 0 aliphatic carbocycles. The van der Waals surface area contributed by atoms with Crippen molar-refractivity contribution in [2.24, 2.45) is 5.92 Å². The average Bonchev–Trinajstić information content (AvgIpc) is 2.79. The van der Waals surface area contributed by atoms with Crippen LogP contribution >= 0.6 is 0 Å². The van der Waals surface area contributed by atoms with Crippen LogP contribution in [0.4, 0.5) is 4.39 Å². The fourth-order valence-electron chi connectivity index (χ4n) is 3.58. The van der Waals surface area contributed by atoms with Crippen molar-refractivity contribution in [3.8, 4) is 11.8 Å². The van der Waals surface area contributed by atoms with Crippen molar-refractivity contribution in [1.29, 1.82) is 5.26 Å². The first-order valence-electron chi connectivity index (χ1n) is 9.90. The van der Waals surface area contributed by atoms with E-state index in [4.69, 9.17) is 10.00 Å². The number of nitrogens with one attached hydrogen (secondary N) is 1. The third kappa shape index (κ3) is 5.03. The van der Waals surface area contributed by atoms with Gasteiger partial charge in [0.25, 0.3) is 0 Å². The van der Waals surface area contributed by atoms with Gasteiger partial charge < -0.3 is 10.1 Å². The van der Waals surface area contributed by atoms with Crippen molar-refractivity contribution in [3.63, 3.8) is 0 Å². The number of nitrogens with zero attached hydrogens (tertiary/aromatic N) is 2. The highest BCUT2D eigenvalue weighted by Crippen LogP contribution is 2.26. The lowest BCUT2D eigenvalue weighted by Gasteiger charge is -2.31. The van der Waals surface area contributed by atoms with Crippen LogP contribution in [0.15, 0.2) is 47.4 Å². The van der Waals surface area contributed by atoms with E-state index in [0.717, 1.165) is 0 Å². The molecule has 1 aliphatic rings.